The van der Waals surface area contributed by atoms with E-state index in [1.165, 1.54) is 0 Å². The first-order valence-corrected chi connectivity index (χ1v) is 9.71. The molecule has 128 valence electrons. The van der Waals surface area contributed by atoms with Crippen molar-refractivity contribution < 1.29 is 13.2 Å². The van der Waals surface area contributed by atoms with Gasteiger partial charge >= 0.3 is 0 Å². The Morgan fingerprint density at radius 3 is 2.78 bits per heavy atom. The number of nitrogens with one attached hydrogen (secondary N) is 1. The lowest BCUT2D eigenvalue weighted by Crippen LogP contribution is -2.29. The number of aryl methyl sites for hydroxylation is 1. The number of aromatic nitrogens is 2. The number of hydrogen-bond donors (Lipinski definition) is 1. The molecule has 0 bridgehead atoms. The second-order valence-corrected chi connectivity index (χ2v) is 8.24. The maximum Gasteiger partial charge on any atom is 0.272 e. The van der Waals surface area contributed by atoms with Crippen LogP contribution in [0.3, 0.4) is 0 Å². The Morgan fingerprint density at radius 2 is 2.17 bits per heavy atom. The fourth-order valence-corrected chi connectivity index (χ4v) is 4.23. The van der Waals surface area contributed by atoms with Gasteiger partial charge in [-0.3, -0.25) is 4.79 Å². The second kappa shape index (κ2) is 7.25. The number of sulfone groups is 1. The van der Waals surface area contributed by atoms with Crippen molar-refractivity contribution in [2.24, 2.45) is 0 Å². The summed E-state index contributed by atoms with van der Waals surface area (Å²) >= 11 is 0. The van der Waals surface area contributed by atoms with Crippen molar-refractivity contribution in [1.29, 1.82) is 0 Å². The quantitative estimate of drug-likeness (QED) is 0.838. The summed E-state index contributed by atoms with van der Waals surface area (Å²) in [6.07, 6.45) is 2.52. The van der Waals surface area contributed by atoms with Crippen LogP contribution in [0.5, 0.6) is 0 Å². The van der Waals surface area contributed by atoms with Crippen molar-refractivity contribution >= 4 is 21.6 Å². The molecule has 0 spiro atoms. The van der Waals surface area contributed by atoms with E-state index in [1.54, 1.807) is 24.9 Å². The molecule has 0 radical (unpaired) electrons. The molecule has 1 aliphatic heterocycles. The Bertz CT molecular complexity index is 675. The number of nitrogens with zero attached hydrogens (tertiary/aromatic N) is 3. The summed E-state index contributed by atoms with van der Waals surface area (Å²) in [7, 11) is -1.20. The first-order chi connectivity index (χ1) is 10.8. The van der Waals surface area contributed by atoms with E-state index in [0.717, 1.165) is 12.8 Å². The van der Waals surface area contributed by atoms with Gasteiger partial charge in [0.05, 0.1) is 11.5 Å². The molecule has 23 heavy (non-hydrogen) atoms. The number of amides is 1. The SMILES string of the molecule is CCCCN(C)C(=O)c1cc(NC2CCS(=O)(=O)C2)nc(C)n1. The van der Waals surface area contributed by atoms with Crippen molar-refractivity contribution in [2.75, 3.05) is 30.4 Å². The predicted octanol–water partition coefficient (Wildman–Crippen LogP) is 1.26. The van der Waals surface area contributed by atoms with Crippen LogP contribution in [-0.4, -0.2) is 60.3 Å². The Hall–Kier alpha value is -1.70. The molecule has 1 unspecified atom stereocenters. The molecule has 7 nitrogen and oxygen atoms in total. The minimum Gasteiger partial charge on any atom is -0.366 e. The normalized spacial score (nSPS) is 19.5. The van der Waals surface area contributed by atoms with Crippen molar-refractivity contribution in [3.8, 4) is 0 Å². The first-order valence-electron chi connectivity index (χ1n) is 7.89. The highest BCUT2D eigenvalue weighted by Crippen LogP contribution is 2.17. The van der Waals surface area contributed by atoms with E-state index in [9.17, 15) is 13.2 Å². The smallest absolute Gasteiger partial charge is 0.272 e. The third-order valence-electron chi connectivity index (χ3n) is 3.84. The Labute approximate surface area is 137 Å². The van der Waals surface area contributed by atoms with E-state index < -0.39 is 9.84 Å². The molecule has 1 fully saturated rings. The number of carbonyl (C=O) groups is 1. The van der Waals surface area contributed by atoms with Crippen molar-refractivity contribution in [2.45, 2.75) is 39.2 Å². The number of rotatable bonds is 6. The first kappa shape index (κ1) is 17.7. The lowest BCUT2D eigenvalue weighted by Gasteiger charge is -2.17. The second-order valence-electron chi connectivity index (χ2n) is 6.01. The molecule has 1 aromatic rings. The summed E-state index contributed by atoms with van der Waals surface area (Å²) in [5.74, 6) is 1.15. The number of hydrogen-bond acceptors (Lipinski definition) is 6. The third kappa shape index (κ3) is 4.89. The van der Waals surface area contributed by atoms with Crippen LogP contribution in [-0.2, 0) is 9.84 Å². The molecule has 1 N–H and O–H groups in total. The van der Waals surface area contributed by atoms with Crippen molar-refractivity contribution in [1.82, 2.24) is 14.9 Å². The number of unbranched alkanes of at least 4 members (excludes halogenated alkanes) is 1. The summed E-state index contributed by atoms with van der Waals surface area (Å²) < 4.78 is 23.1. The number of anilines is 1. The van der Waals surface area contributed by atoms with Gasteiger partial charge in [0.1, 0.15) is 17.3 Å². The summed E-state index contributed by atoms with van der Waals surface area (Å²) in [6.45, 7) is 4.48. The van der Waals surface area contributed by atoms with Gasteiger partial charge in [-0.2, -0.15) is 0 Å². The highest BCUT2D eigenvalue weighted by molar-refractivity contribution is 7.91. The number of carbonyl (C=O) groups excluding carboxylic acids is 1. The van der Waals surface area contributed by atoms with E-state index >= 15 is 0 Å². The lowest BCUT2D eigenvalue weighted by atomic mass is 10.2. The van der Waals surface area contributed by atoms with Gasteiger partial charge < -0.3 is 10.2 Å². The van der Waals surface area contributed by atoms with Crippen LogP contribution in [0.15, 0.2) is 6.07 Å². The van der Waals surface area contributed by atoms with E-state index in [1.807, 2.05) is 0 Å². The molecule has 0 saturated carbocycles. The van der Waals surface area contributed by atoms with Gasteiger partial charge in [0, 0.05) is 25.7 Å². The maximum absolute atomic E-state index is 12.4. The van der Waals surface area contributed by atoms with E-state index in [2.05, 4.69) is 22.2 Å². The van der Waals surface area contributed by atoms with Crippen LogP contribution in [0, 0.1) is 6.92 Å². The van der Waals surface area contributed by atoms with Gasteiger partial charge in [0.15, 0.2) is 9.84 Å². The molecular weight excluding hydrogens is 316 g/mol. The zero-order chi connectivity index (χ0) is 17.0. The van der Waals surface area contributed by atoms with Gasteiger partial charge in [0.25, 0.3) is 5.91 Å². The molecule has 2 heterocycles. The fraction of sp³-hybridized carbons (Fsp3) is 0.667. The summed E-state index contributed by atoms with van der Waals surface area (Å²) in [5.41, 5.74) is 0.333. The highest BCUT2D eigenvalue weighted by Gasteiger charge is 2.28. The average molecular weight is 340 g/mol. The molecule has 1 aliphatic rings. The van der Waals surface area contributed by atoms with Crippen LogP contribution >= 0.6 is 0 Å². The topological polar surface area (TPSA) is 92.3 Å². The molecular formula is C15H24N4O3S. The third-order valence-corrected chi connectivity index (χ3v) is 5.60. The molecule has 0 aliphatic carbocycles. The van der Waals surface area contributed by atoms with Crippen LogP contribution in [0.2, 0.25) is 0 Å². The van der Waals surface area contributed by atoms with Crippen LogP contribution in [0.1, 0.15) is 42.5 Å². The molecule has 0 aromatic carbocycles. The zero-order valence-corrected chi connectivity index (χ0v) is 14.7. The van der Waals surface area contributed by atoms with Gasteiger partial charge in [-0.1, -0.05) is 13.3 Å². The Balaban J connectivity index is 2.11. The van der Waals surface area contributed by atoms with E-state index in [4.69, 9.17) is 0 Å². The van der Waals surface area contributed by atoms with Gasteiger partial charge in [-0.15, -0.1) is 0 Å². The fourth-order valence-electron chi connectivity index (χ4n) is 2.56. The molecule has 1 aromatic heterocycles. The van der Waals surface area contributed by atoms with Crippen LogP contribution in [0.4, 0.5) is 5.82 Å². The monoisotopic (exact) mass is 340 g/mol. The molecule has 1 saturated heterocycles. The van der Waals surface area contributed by atoms with E-state index in [0.29, 0.717) is 30.3 Å². The average Bonchev–Trinajstić information content (AvgIpc) is 2.82. The highest BCUT2D eigenvalue weighted by atomic mass is 32.2. The Kier molecular flexibility index (Phi) is 5.56. The molecule has 1 atom stereocenters. The van der Waals surface area contributed by atoms with Gasteiger partial charge in [-0.25, -0.2) is 18.4 Å². The molecule has 1 amide bonds. The van der Waals surface area contributed by atoms with Crippen LogP contribution < -0.4 is 5.32 Å². The van der Waals surface area contributed by atoms with E-state index in [-0.39, 0.29) is 23.5 Å². The molecule has 8 heteroatoms. The lowest BCUT2D eigenvalue weighted by molar-refractivity contribution is 0.0787. The standard InChI is InChI=1S/C15H24N4O3S/c1-4-5-7-19(3)15(20)13-9-14(17-11(2)16-13)18-12-6-8-23(21,22)10-12/h9,12H,4-8,10H2,1-3H3,(H,16,17,18). The minimum absolute atomic E-state index is 0.107. The minimum atomic E-state index is -2.96. The summed E-state index contributed by atoms with van der Waals surface area (Å²) in [5, 5.41) is 3.11. The summed E-state index contributed by atoms with van der Waals surface area (Å²) in [6, 6.07) is 1.44. The van der Waals surface area contributed by atoms with Crippen LogP contribution in [0.25, 0.3) is 0 Å². The maximum atomic E-state index is 12.4. The van der Waals surface area contributed by atoms with Gasteiger partial charge in [-0.05, 0) is 19.8 Å². The zero-order valence-electron chi connectivity index (χ0n) is 13.9. The van der Waals surface area contributed by atoms with Crippen molar-refractivity contribution in [3.05, 3.63) is 17.6 Å². The van der Waals surface area contributed by atoms with Crippen molar-refractivity contribution in [3.63, 3.8) is 0 Å². The van der Waals surface area contributed by atoms with Gasteiger partial charge in [0.2, 0.25) is 0 Å². The molecule has 2 rings (SSSR count). The summed E-state index contributed by atoms with van der Waals surface area (Å²) in [4.78, 5) is 22.5. The predicted molar refractivity (Wildman–Crippen MR) is 89.3 cm³/mol. The Morgan fingerprint density at radius 1 is 1.43 bits per heavy atom. The largest absolute Gasteiger partial charge is 0.366 e.